The molecule has 19 heavy (non-hydrogen) atoms. The van der Waals surface area contributed by atoms with Crippen molar-refractivity contribution in [2.24, 2.45) is 5.41 Å². The highest BCUT2D eigenvalue weighted by molar-refractivity contribution is 5.77. The normalized spacial score (nSPS) is 29.2. The van der Waals surface area contributed by atoms with Crippen LogP contribution in [0.2, 0.25) is 0 Å². The zero-order chi connectivity index (χ0) is 13.3. The summed E-state index contributed by atoms with van der Waals surface area (Å²) < 4.78 is 18.5. The number of carbonyl (C=O) groups is 1. The van der Waals surface area contributed by atoms with Crippen molar-refractivity contribution >= 4 is 5.97 Å². The Hall–Kier alpha value is -1.42. The van der Waals surface area contributed by atoms with Crippen LogP contribution in [0.3, 0.4) is 0 Å². The van der Waals surface area contributed by atoms with Gasteiger partial charge in [-0.25, -0.2) is 4.39 Å². The second-order valence-corrected chi connectivity index (χ2v) is 5.58. The number of halogens is 1. The first-order valence-electron chi connectivity index (χ1n) is 6.82. The van der Waals surface area contributed by atoms with Crippen LogP contribution < -0.4 is 0 Å². The molecule has 2 bridgehead atoms. The average Bonchev–Trinajstić information content (AvgIpc) is 2.47. The predicted octanol–water partition coefficient (Wildman–Crippen LogP) is 2.35. The van der Waals surface area contributed by atoms with Gasteiger partial charge < -0.3 is 9.64 Å². The minimum atomic E-state index is -0.294. The van der Waals surface area contributed by atoms with Crippen molar-refractivity contribution in [1.29, 1.82) is 0 Å². The van der Waals surface area contributed by atoms with Gasteiger partial charge in [-0.15, -0.1) is 0 Å². The van der Waals surface area contributed by atoms with Gasteiger partial charge in [-0.2, -0.15) is 0 Å². The molecule has 0 radical (unpaired) electrons. The number of esters is 1. The number of carbonyl (C=O) groups excluding carboxylic acids is 1. The molecule has 0 atom stereocenters. The number of ether oxygens (including phenoxy) is 1. The molecule has 0 aliphatic carbocycles. The molecular weight excluding hydrogens is 245 g/mol. The van der Waals surface area contributed by atoms with Crippen LogP contribution in [0.25, 0.3) is 0 Å². The molecule has 0 N–H and O–H groups in total. The zero-order valence-electron chi connectivity index (χ0n) is 10.9. The quantitative estimate of drug-likeness (QED) is 0.784. The van der Waals surface area contributed by atoms with Gasteiger partial charge in [-0.05, 0) is 56.6 Å². The van der Waals surface area contributed by atoms with Crippen molar-refractivity contribution < 1.29 is 13.9 Å². The first-order chi connectivity index (χ1) is 9.18. The topological polar surface area (TPSA) is 29.5 Å². The summed E-state index contributed by atoms with van der Waals surface area (Å²) in [5, 5.41) is 0. The van der Waals surface area contributed by atoms with Crippen molar-refractivity contribution in [1.82, 2.24) is 4.90 Å². The molecule has 3 nitrogen and oxygen atoms in total. The standard InChI is InChI=1S/C15H18FNO2/c16-13-3-1-2-12(10-13)11-19-14(18)15-4-7-17(8-5-15)9-6-15/h1-3,10H,4-9,11H2. The van der Waals surface area contributed by atoms with Gasteiger partial charge in [0, 0.05) is 0 Å². The van der Waals surface area contributed by atoms with Crippen LogP contribution in [0, 0.1) is 11.2 Å². The zero-order valence-corrected chi connectivity index (χ0v) is 10.9. The van der Waals surface area contributed by atoms with E-state index in [9.17, 15) is 9.18 Å². The molecule has 4 rings (SSSR count). The van der Waals surface area contributed by atoms with Gasteiger partial charge in [0.2, 0.25) is 0 Å². The molecule has 3 aliphatic heterocycles. The molecule has 0 unspecified atom stereocenters. The predicted molar refractivity (Wildman–Crippen MR) is 68.9 cm³/mol. The van der Waals surface area contributed by atoms with Gasteiger partial charge in [-0.3, -0.25) is 4.79 Å². The van der Waals surface area contributed by atoms with E-state index in [1.54, 1.807) is 12.1 Å². The molecule has 3 saturated heterocycles. The van der Waals surface area contributed by atoms with E-state index in [1.165, 1.54) is 12.1 Å². The Balaban J connectivity index is 1.62. The van der Waals surface area contributed by atoms with E-state index in [0.29, 0.717) is 5.56 Å². The summed E-state index contributed by atoms with van der Waals surface area (Å²) in [5.41, 5.74) is 0.431. The van der Waals surface area contributed by atoms with Crippen LogP contribution >= 0.6 is 0 Å². The molecule has 3 aliphatic rings. The molecular formula is C15H18FNO2. The summed E-state index contributed by atoms with van der Waals surface area (Å²) in [5.74, 6) is -0.395. The molecule has 4 heteroatoms. The second kappa shape index (κ2) is 4.93. The maximum Gasteiger partial charge on any atom is 0.312 e. The number of hydrogen-bond donors (Lipinski definition) is 0. The monoisotopic (exact) mass is 263 g/mol. The molecule has 0 aromatic heterocycles. The minimum Gasteiger partial charge on any atom is -0.460 e. The highest BCUT2D eigenvalue weighted by Gasteiger charge is 2.46. The largest absolute Gasteiger partial charge is 0.460 e. The van der Waals surface area contributed by atoms with Crippen LogP contribution in [0.15, 0.2) is 24.3 Å². The molecule has 0 spiro atoms. The molecule has 1 aromatic rings. The Morgan fingerprint density at radius 3 is 2.58 bits per heavy atom. The van der Waals surface area contributed by atoms with E-state index >= 15 is 0 Å². The summed E-state index contributed by atoms with van der Waals surface area (Å²) in [7, 11) is 0. The van der Waals surface area contributed by atoms with Crippen molar-refractivity contribution in [3.05, 3.63) is 35.6 Å². The second-order valence-electron chi connectivity index (χ2n) is 5.58. The SMILES string of the molecule is O=C(OCc1cccc(F)c1)C12CCN(CC1)CC2. The van der Waals surface area contributed by atoms with Crippen molar-refractivity contribution in [3.63, 3.8) is 0 Å². The number of piperidine rings is 3. The smallest absolute Gasteiger partial charge is 0.312 e. The van der Waals surface area contributed by atoms with Gasteiger partial charge in [-0.1, -0.05) is 12.1 Å². The van der Waals surface area contributed by atoms with E-state index in [0.717, 1.165) is 38.9 Å². The summed E-state index contributed by atoms with van der Waals surface area (Å²) in [6, 6.07) is 6.21. The van der Waals surface area contributed by atoms with Crippen molar-refractivity contribution in [2.75, 3.05) is 19.6 Å². The van der Waals surface area contributed by atoms with Gasteiger partial charge >= 0.3 is 5.97 Å². The third-order valence-corrected chi connectivity index (χ3v) is 4.41. The maximum atomic E-state index is 13.0. The maximum absolute atomic E-state index is 13.0. The fraction of sp³-hybridized carbons (Fsp3) is 0.533. The van der Waals surface area contributed by atoms with E-state index in [2.05, 4.69) is 4.90 Å². The van der Waals surface area contributed by atoms with Crippen LogP contribution in [0.4, 0.5) is 4.39 Å². The number of rotatable bonds is 3. The third-order valence-electron chi connectivity index (χ3n) is 4.41. The van der Waals surface area contributed by atoms with Crippen LogP contribution in [0.5, 0.6) is 0 Å². The Labute approximate surface area is 112 Å². The molecule has 102 valence electrons. The lowest BCUT2D eigenvalue weighted by Crippen LogP contribution is -2.52. The van der Waals surface area contributed by atoms with Crippen molar-refractivity contribution in [3.8, 4) is 0 Å². The third kappa shape index (κ3) is 2.50. The first-order valence-corrected chi connectivity index (χ1v) is 6.82. The molecule has 0 saturated carbocycles. The van der Waals surface area contributed by atoms with E-state index in [-0.39, 0.29) is 23.8 Å². The van der Waals surface area contributed by atoms with E-state index in [1.807, 2.05) is 0 Å². The Morgan fingerprint density at radius 1 is 1.26 bits per heavy atom. The van der Waals surface area contributed by atoms with E-state index in [4.69, 9.17) is 4.74 Å². The lowest BCUT2D eigenvalue weighted by molar-refractivity contribution is -0.165. The van der Waals surface area contributed by atoms with Crippen molar-refractivity contribution in [2.45, 2.75) is 25.9 Å². The summed E-state index contributed by atoms with van der Waals surface area (Å²) in [6.07, 6.45) is 2.69. The van der Waals surface area contributed by atoms with Gasteiger partial charge in [0.25, 0.3) is 0 Å². The first kappa shape index (κ1) is 12.6. The van der Waals surface area contributed by atoms with Crippen LogP contribution in [-0.4, -0.2) is 30.5 Å². The summed E-state index contributed by atoms with van der Waals surface area (Å²) >= 11 is 0. The number of nitrogens with zero attached hydrogens (tertiary/aromatic N) is 1. The van der Waals surface area contributed by atoms with E-state index < -0.39 is 0 Å². The average molecular weight is 263 g/mol. The summed E-state index contributed by atoms with van der Waals surface area (Å²) in [4.78, 5) is 14.7. The van der Waals surface area contributed by atoms with Gasteiger partial charge in [0.1, 0.15) is 12.4 Å². The summed E-state index contributed by atoms with van der Waals surface area (Å²) in [6.45, 7) is 3.15. The Morgan fingerprint density at radius 2 is 1.95 bits per heavy atom. The highest BCUT2D eigenvalue weighted by atomic mass is 19.1. The fourth-order valence-corrected chi connectivity index (χ4v) is 3.06. The van der Waals surface area contributed by atoms with Crippen LogP contribution in [0.1, 0.15) is 24.8 Å². The molecule has 3 heterocycles. The lowest BCUT2D eigenvalue weighted by atomic mass is 9.72. The Kier molecular flexibility index (Phi) is 3.27. The Bertz CT molecular complexity index is 467. The molecule has 1 aromatic carbocycles. The van der Waals surface area contributed by atoms with Gasteiger partial charge in [0.05, 0.1) is 5.41 Å². The number of hydrogen-bond acceptors (Lipinski definition) is 3. The minimum absolute atomic E-state index is 0.101. The fourth-order valence-electron chi connectivity index (χ4n) is 3.06. The van der Waals surface area contributed by atoms with Gasteiger partial charge in [0.15, 0.2) is 0 Å². The molecule has 0 amide bonds. The number of fused-ring (bicyclic) bond motifs is 3. The highest BCUT2D eigenvalue weighted by Crippen LogP contribution is 2.41. The lowest BCUT2D eigenvalue weighted by Gasteiger charge is -2.46. The number of benzene rings is 1. The van der Waals surface area contributed by atoms with Crippen LogP contribution in [-0.2, 0) is 16.1 Å². The molecule has 3 fully saturated rings.